The van der Waals surface area contributed by atoms with Gasteiger partial charge in [-0.25, -0.2) is 0 Å². The van der Waals surface area contributed by atoms with Gasteiger partial charge in [-0.1, -0.05) is 0 Å². The van der Waals surface area contributed by atoms with Crippen LogP contribution in [-0.4, -0.2) is 43.4 Å². The molecule has 108 valence electrons. The Kier molecular flexibility index (Phi) is 4.39. The van der Waals surface area contributed by atoms with E-state index in [-0.39, 0.29) is 17.9 Å². The van der Waals surface area contributed by atoms with Crippen molar-refractivity contribution in [3.63, 3.8) is 0 Å². The lowest BCUT2D eigenvalue weighted by Gasteiger charge is -2.16. The van der Waals surface area contributed by atoms with Crippen LogP contribution in [0.15, 0.2) is 24.3 Å². The summed E-state index contributed by atoms with van der Waals surface area (Å²) < 4.78 is 0. The van der Waals surface area contributed by atoms with Crippen LogP contribution in [0.4, 0.5) is 0 Å². The number of rotatable bonds is 5. The van der Waals surface area contributed by atoms with Gasteiger partial charge in [0.15, 0.2) is 0 Å². The first kappa shape index (κ1) is 14.5. The molecule has 1 atom stereocenters. The molecule has 1 aliphatic rings. The number of nitrogens with one attached hydrogen (secondary N) is 1. The van der Waals surface area contributed by atoms with Crippen molar-refractivity contribution in [1.29, 1.82) is 0 Å². The summed E-state index contributed by atoms with van der Waals surface area (Å²) in [6.45, 7) is 0.466. The summed E-state index contributed by atoms with van der Waals surface area (Å²) in [5.74, 6) is 0.324. The van der Waals surface area contributed by atoms with E-state index in [2.05, 4.69) is 5.32 Å². The second-order valence-corrected chi connectivity index (χ2v) is 5.43. The number of hydrogen-bond donors (Lipinski definition) is 2. The smallest absolute Gasteiger partial charge is 0.253 e. The lowest BCUT2D eigenvalue weighted by molar-refractivity contribution is 0.0826. The SMILES string of the molecule is CN(C)C(=O)c1ccc(C(=O)NC(CN)C2CC2)cc1. The van der Waals surface area contributed by atoms with Crippen LogP contribution in [0.2, 0.25) is 0 Å². The maximum Gasteiger partial charge on any atom is 0.253 e. The molecule has 2 amide bonds. The average Bonchev–Trinajstić information content (AvgIpc) is 3.28. The van der Waals surface area contributed by atoms with E-state index in [9.17, 15) is 9.59 Å². The maximum absolute atomic E-state index is 12.1. The first-order valence-corrected chi connectivity index (χ1v) is 6.85. The monoisotopic (exact) mass is 275 g/mol. The van der Waals surface area contributed by atoms with Gasteiger partial charge in [-0.05, 0) is 43.0 Å². The Balaban J connectivity index is 2.01. The Labute approximate surface area is 119 Å². The third kappa shape index (κ3) is 3.36. The third-order valence-corrected chi connectivity index (χ3v) is 3.56. The predicted molar refractivity (Wildman–Crippen MR) is 77.5 cm³/mol. The van der Waals surface area contributed by atoms with Crippen LogP contribution in [0.3, 0.4) is 0 Å². The number of benzene rings is 1. The van der Waals surface area contributed by atoms with Gasteiger partial charge in [0, 0.05) is 37.8 Å². The van der Waals surface area contributed by atoms with Gasteiger partial charge in [-0.15, -0.1) is 0 Å². The Bertz CT molecular complexity index is 492. The molecule has 20 heavy (non-hydrogen) atoms. The minimum Gasteiger partial charge on any atom is -0.348 e. The van der Waals surface area contributed by atoms with Gasteiger partial charge < -0.3 is 16.0 Å². The number of carbonyl (C=O) groups excluding carboxylic acids is 2. The number of nitrogens with two attached hydrogens (primary N) is 1. The fourth-order valence-electron chi connectivity index (χ4n) is 2.14. The molecule has 1 fully saturated rings. The predicted octanol–water partition coefficient (Wildman–Crippen LogP) is 0.855. The largest absolute Gasteiger partial charge is 0.348 e. The first-order valence-electron chi connectivity index (χ1n) is 6.85. The van der Waals surface area contributed by atoms with Crippen molar-refractivity contribution >= 4 is 11.8 Å². The zero-order valence-corrected chi connectivity index (χ0v) is 11.9. The van der Waals surface area contributed by atoms with E-state index in [1.165, 1.54) is 4.90 Å². The molecule has 0 heterocycles. The summed E-state index contributed by atoms with van der Waals surface area (Å²) in [7, 11) is 3.40. The molecule has 0 saturated heterocycles. The molecule has 2 rings (SSSR count). The topological polar surface area (TPSA) is 75.4 Å². The Morgan fingerprint density at radius 1 is 1.25 bits per heavy atom. The molecule has 0 bridgehead atoms. The molecule has 0 radical (unpaired) electrons. The Hall–Kier alpha value is -1.88. The van der Waals surface area contributed by atoms with Gasteiger partial charge in [0.1, 0.15) is 0 Å². The summed E-state index contributed by atoms with van der Waals surface area (Å²) in [4.78, 5) is 25.4. The first-order chi connectivity index (χ1) is 9.52. The van der Waals surface area contributed by atoms with Gasteiger partial charge in [0.25, 0.3) is 11.8 Å². The Morgan fingerprint density at radius 3 is 2.25 bits per heavy atom. The van der Waals surface area contributed by atoms with Crippen LogP contribution in [0, 0.1) is 5.92 Å². The minimum atomic E-state index is -0.129. The van der Waals surface area contributed by atoms with E-state index in [1.54, 1.807) is 38.4 Å². The fraction of sp³-hybridized carbons (Fsp3) is 0.467. The van der Waals surface area contributed by atoms with E-state index >= 15 is 0 Å². The molecule has 0 aliphatic heterocycles. The second kappa shape index (κ2) is 6.05. The van der Waals surface area contributed by atoms with Crippen molar-refractivity contribution in [1.82, 2.24) is 10.2 Å². The molecule has 1 aromatic rings. The maximum atomic E-state index is 12.1. The highest BCUT2D eigenvalue weighted by molar-refractivity contribution is 5.97. The van der Waals surface area contributed by atoms with Crippen LogP contribution in [0.1, 0.15) is 33.6 Å². The number of nitrogens with zero attached hydrogens (tertiary/aromatic N) is 1. The van der Waals surface area contributed by atoms with Crippen LogP contribution in [0.5, 0.6) is 0 Å². The van der Waals surface area contributed by atoms with E-state index in [0.29, 0.717) is 23.6 Å². The third-order valence-electron chi connectivity index (χ3n) is 3.56. The van der Waals surface area contributed by atoms with Crippen LogP contribution in [-0.2, 0) is 0 Å². The van der Waals surface area contributed by atoms with Crippen molar-refractivity contribution < 1.29 is 9.59 Å². The van der Waals surface area contributed by atoms with Gasteiger partial charge in [0.05, 0.1) is 0 Å². The summed E-state index contributed by atoms with van der Waals surface area (Å²) in [5, 5.41) is 2.96. The molecule has 0 spiro atoms. The van der Waals surface area contributed by atoms with Crippen molar-refractivity contribution in [3.05, 3.63) is 35.4 Å². The summed E-state index contributed by atoms with van der Waals surface area (Å²) >= 11 is 0. The molecule has 3 N–H and O–H groups in total. The molecular weight excluding hydrogens is 254 g/mol. The summed E-state index contributed by atoms with van der Waals surface area (Å²) in [6.07, 6.45) is 2.27. The second-order valence-electron chi connectivity index (χ2n) is 5.43. The molecule has 5 heteroatoms. The van der Waals surface area contributed by atoms with Gasteiger partial charge in [0.2, 0.25) is 0 Å². The highest BCUT2D eigenvalue weighted by Gasteiger charge is 2.31. The fourth-order valence-corrected chi connectivity index (χ4v) is 2.14. The lowest BCUT2D eigenvalue weighted by Crippen LogP contribution is -2.41. The number of carbonyl (C=O) groups is 2. The van der Waals surface area contributed by atoms with E-state index in [4.69, 9.17) is 5.73 Å². The Morgan fingerprint density at radius 2 is 1.80 bits per heavy atom. The summed E-state index contributed by atoms with van der Waals surface area (Å²) in [6, 6.07) is 6.75. The van der Waals surface area contributed by atoms with Crippen LogP contribution in [0.25, 0.3) is 0 Å². The van der Waals surface area contributed by atoms with Crippen molar-refractivity contribution in [2.24, 2.45) is 11.7 Å². The average molecular weight is 275 g/mol. The van der Waals surface area contributed by atoms with Crippen molar-refractivity contribution in [3.8, 4) is 0 Å². The van der Waals surface area contributed by atoms with Gasteiger partial charge in [-0.3, -0.25) is 9.59 Å². The lowest BCUT2D eigenvalue weighted by atomic mass is 10.1. The number of hydrogen-bond acceptors (Lipinski definition) is 3. The van der Waals surface area contributed by atoms with Crippen molar-refractivity contribution in [2.45, 2.75) is 18.9 Å². The normalized spacial score (nSPS) is 15.6. The molecule has 1 unspecified atom stereocenters. The minimum absolute atomic E-state index is 0.0607. The van der Waals surface area contributed by atoms with Gasteiger partial charge in [-0.2, -0.15) is 0 Å². The molecule has 1 saturated carbocycles. The number of amides is 2. The van der Waals surface area contributed by atoms with Crippen LogP contribution >= 0.6 is 0 Å². The molecule has 1 aliphatic carbocycles. The molecule has 5 nitrogen and oxygen atoms in total. The standard InChI is InChI=1S/C15H21N3O2/c1-18(2)15(20)12-7-5-11(6-8-12)14(19)17-13(9-16)10-3-4-10/h5-8,10,13H,3-4,9,16H2,1-2H3,(H,17,19). The van der Waals surface area contributed by atoms with Crippen LogP contribution < -0.4 is 11.1 Å². The zero-order chi connectivity index (χ0) is 14.7. The molecule has 0 aromatic heterocycles. The quantitative estimate of drug-likeness (QED) is 0.836. The highest BCUT2D eigenvalue weighted by atomic mass is 16.2. The zero-order valence-electron chi connectivity index (χ0n) is 11.9. The highest BCUT2D eigenvalue weighted by Crippen LogP contribution is 2.32. The van der Waals surface area contributed by atoms with E-state index < -0.39 is 0 Å². The summed E-state index contributed by atoms with van der Waals surface area (Å²) in [5.41, 5.74) is 6.80. The molecule has 1 aromatic carbocycles. The van der Waals surface area contributed by atoms with Crippen molar-refractivity contribution in [2.75, 3.05) is 20.6 Å². The van der Waals surface area contributed by atoms with Gasteiger partial charge >= 0.3 is 0 Å². The van der Waals surface area contributed by atoms with E-state index in [0.717, 1.165) is 12.8 Å². The molecular formula is C15H21N3O2. The van der Waals surface area contributed by atoms with E-state index in [1.807, 2.05) is 0 Å².